The molecule has 1 heterocycles. The maximum Gasteiger partial charge on any atom is 0.223 e. The highest BCUT2D eigenvalue weighted by Gasteiger charge is 2.10. The molecular formula is C13H11BrClFN2O. The average molecular weight is 346 g/mol. The van der Waals surface area contributed by atoms with Gasteiger partial charge in [-0.05, 0) is 31.3 Å². The van der Waals surface area contributed by atoms with E-state index in [1.54, 1.807) is 19.2 Å². The molecule has 100 valence electrons. The van der Waals surface area contributed by atoms with Crippen molar-refractivity contribution in [2.75, 3.05) is 7.05 Å². The first-order chi connectivity index (χ1) is 9.10. The van der Waals surface area contributed by atoms with Crippen LogP contribution >= 0.6 is 27.5 Å². The third kappa shape index (κ3) is 3.65. The van der Waals surface area contributed by atoms with Crippen LogP contribution in [0.25, 0.3) is 0 Å². The van der Waals surface area contributed by atoms with Gasteiger partial charge in [-0.1, -0.05) is 27.5 Å². The number of nitrogens with one attached hydrogen (secondary N) is 1. The Bertz CT molecular complexity index is 595. The summed E-state index contributed by atoms with van der Waals surface area (Å²) in [5.74, 6) is 0.390. The lowest BCUT2D eigenvalue weighted by Gasteiger charge is -2.11. The smallest absolute Gasteiger partial charge is 0.223 e. The molecule has 0 aliphatic rings. The molecule has 19 heavy (non-hydrogen) atoms. The van der Waals surface area contributed by atoms with E-state index >= 15 is 0 Å². The Balaban J connectivity index is 2.34. The molecule has 0 aliphatic heterocycles. The Labute approximate surface area is 123 Å². The number of benzene rings is 1. The van der Waals surface area contributed by atoms with Gasteiger partial charge in [0.2, 0.25) is 5.88 Å². The highest BCUT2D eigenvalue weighted by Crippen LogP contribution is 2.32. The van der Waals surface area contributed by atoms with Crippen LogP contribution in [-0.4, -0.2) is 12.0 Å². The maximum atomic E-state index is 13.2. The summed E-state index contributed by atoms with van der Waals surface area (Å²) in [5.41, 5.74) is 0.624. The Hall–Kier alpha value is -1.17. The molecule has 0 radical (unpaired) electrons. The zero-order chi connectivity index (χ0) is 13.8. The summed E-state index contributed by atoms with van der Waals surface area (Å²) in [6, 6.07) is 6.63. The molecule has 1 aromatic heterocycles. The minimum Gasteiger partial charge on any atom is -0.437 e. The van der Waals surface area contributed by atoms with Crippen LogP contribution in [0.4, 0.5) is 4.39 Å². The van der Waals surface area contributed by atoms with Gasteiger partial charge >= 0.3 is 0 Å². The van der Waals surface area contributed by atoms with Crippen LogP contribution in [0.1, 0.15) is 5.56 Å². The number of aromatic nitrogens is 1. The standard InChI is InChI=1S/C13H11BrClFN2O/c1-17-6-8-4-10(16)7-18-13(8)19-12-5-9(14)2-3-11(12)15/h2-5,7,17H,6H2,1H3. The summed E-state index contributed by atoms with van der Waals surface area (Å²) in [6.07, 6.45) is 1.11. The molecule has 2 rings (SSSR count). The third-order valence-electron chi connectivity index (χ3n) is 2.36. The first-order valence-electron chi connectivity index (χ1n) is 5.52. The zero-order valence-electron chi connectivity index (χ0n) is 10.1. The van der Waals surface area contributed by atoms with Crippen molar-refractivity contribution in [1.82, 2.24) is 10.3 Å². The molecule has 0 fully saturated rings. The van der Waals surface area contributed by atoms with Gasteiger partial charge in [-0.2, -0.15) is 0 Å². The average Bonchev–Trinajstić information content (AvgIpc) is 2.37. The van der Waals surface area contributed by atoms with E-state index in [0.29, 0.717) is 28.8 Å². The summed E-state index contributed by atoms with van der Waals surface area (Å²) in [6.45, 7) is 0.450. The van der Waals surface area contributed by atoms with Gasteiger partial charge in [0.1, 0.15) is 11.6 Å². The quantitative estimate of drug-likeness (QED) is 0.904. The van der Waals surface area contributed by atoms with E-state index in [4.69, 9.17) is 16.3 Å². The molecule has 0 aliphatic carbocycles. The van der Waals surface area contributed by atoms with Gasteiger partial charge in [0, 0.05) is 16.6 Å². The summed E-state index contributed by atoms with van der Waals surface area (Å²) >= 11 is 9.38. The van der Waals surface area contributed by atoms with Crippen molar-refractivity contribution < 1.29 is 9.13 Å². The van der Waals surface area contributed by atoms with Gasteiger partial charge in [0.05, 0.1) is 11.2 Å². The highest BCUT2D eigenvalue weighted by molar-refractivity contribution is 9.10. The van der Waals surface area contributed by atoms with Crippen molar-refractivity contribution in [3.8, 4) is 11.6 Å². The second-order valence-corrected chi connectivity index (χ2v) is 5.15. The lowest BCUT2D eigenvalue weighted by atomic mass is 10.2. The lowest BCUT2D eigenvalue weighted by Crippen LogP contribution is -2.07. The normalized spacial score (nSPS) is 10.5. The number of halogens is 3. The van der Waals surface area contributed by atoms with E-state index in [9.17, 15) is 4.39 Å². The molecule has 0 atom stereocenters. The second-order valence-electron chi connectivity index (χ2n) is 3.82. The fourth-order valence-electron chi connectivity index (χ4n) is 1.54. The van der Waals surface area contributed by atoms with Gasteiger partial charge in [-0.25, -0.2) is 9.37 Å². The van der Waals surface area contributed by atoms with Crippen molar-refractivity contribution in [3.05, 3.63) is 51.3 Å². The third-order valence-corrected chi connectivity index (χ3v) is 3.16. The molecule has 2 aromatic rings. The number of hydrogen-bond acceptors (Lipinski definition) is 3. The van der Waals surface area contributed by atoms with Gasteiger partial charge in [0.15, 0.2) is 0 Å². The van der Waals surface area contributed by atoms with Crippen LogP contribution in [0, 0.1) is 5.82 Å². The number of hydrogen-bond donors (Lipinski definition) is 1. The molecule has 6 heteroatoms. The first kappa shape index (κ1) is 14.2. The molecule has 0 saturated heterocycles. The van der Waals surface area contributed by atoms with Crippen LogP contribution < -0.4 is 10.1 Å². The van der Waals surface area contributed by atoms with Crippen molar-refractivity contribution in [3.63, 3.8) is 0 Å². The first-order valence-corrected chi connectivity index (χ1v) is 6.69. The van der Waals surface area contributed by atoms with E-state index in [1.165, 1.54) is 6.07 Å². The predicted molar refractivity (Wildman–Crippen MR) is 76.2 cm³/mol. The van der Waals surface area contributed by atoms with Gasteiger partial charge in [-0.3, -0.25) is 0 Å². The molecular weight excluding hydrogens is 335 g/mol. The molecule has 3 nitrogen and oxygen atoms in total. The SMILES string of the molecule is CNCc1cc(F)cnc1Oc1cc(Br)ccc1Cl. The Morgan fingerprint density at radius 3 is 2.95 bits per heavy atom. The van der Waals surface area contributed by atoms with E-state index in [2.05, 4.69) is 26.2 Å². The monoisotopic (exact) mass is 344 g/mol. The molecule has 1 aromatic carbocycles. The van der Waals surface area contributed by atoms with Gasteiger partial charge in [0.25, 0.3) is 0 Å². The van der Waals surface area contributed by atoms with Gasteiger partial charge in [-0.15, -0.1) is 0 Å². The topological polar surface area (TPSA) is 34.2 Å². The van der Waals surface area contributed by atoms with E-state index in [-0.39, 0.29) is 0 Å². The largest absolute Gasteiger partial charge is 0.437 e. The van der Waals surface area contributed by atoms with Crippen LogP contribution in [0.3, 0.4) is 0 Å². The lowest BCUT2D eigenvalue weighted by molar-refractivity contribution is 0.450. The second kappa shape index (κ2) is 6.32. The molecule has 1 N–H and O–H groups in total. The molecule has 0 bridgehead atoms. The van der Waals surface area contributed by atoms with Crippen LogP contribution in [-0.2, 0) is 6.54 Å². The molecule has 0 spiro atoms. The zero-order valence-corrected chi connectivity index (χ0v) is 12.4. The van der Waals surface area contributed by atoms with Gasteiger partial charge < -0.3 is 10.1 Å². The van der Waals surface area contributed by atoms with Crippen LogP contribution in [0.2, 0.25) is 5.02 Å². The Morgan fingerprint density at radius 2 is 2.21 bits per heavy atom. The van der Waals surface area contributed by atoms with Crippen molar-refractivity contribution >= 4 is 27.5 Å². The predicted octanol–water partition coefficient (Wildman–Crippen LogP) is 4.15. The van der Waals surface area contributed by atoms with Crippen LogP contribution in [0.5, 0.6) is 11.6 Å². The van der Waals surface area contributed by atoms with Crippen molar-refractivity contribution in [2.45, 2.75) is 6.54 Å². The van der Waals surface area contributed by atoms with E-state index < -0.39 is 5.82 Å². The summed E-state index contributed by atoms with van der Waals surface area (Å²) in [7, 11) is 1.76. The van der Waals surface area contributed by atoms with E-state index in [1.807, 2.05) is 6.07 Å². The summed E-state index contributed by atoms with van der Waals surface area (Å²) in [4.78, 5) is 3.95. The molecule has 0 amide bonds. The molecule has 0 saturated carbocycles. The Morgan fingerprint density at radius 1 is 1.42 bits per heavy atom. The molecule has 0 unspecified atom stereocenters. The summed E-state index contributed by atoms with van der Waals surface area (Å²) in [5, 5.41) is 3.40. The number of pyridine rings is 1. The fourth-order valence-corrected chi connectivity index (χ4v) is 2.03. The summed E-state index contributed by atoms with van der Waals surface area (Å²) < 4.78 is 19.7. The minimum absolute atomic E-state index is 0.329. The van der Waals surface area contributed by atoms with Crippen molar-refractivity contribution in [1.29, 1.82) is 0 Å². The minimum atomic E-state index is -0.405. The number of rotatable bonds is 4. The Kier molecular flexibility index (Phi) is 4.74. The maximum absolute atomic E-state index is 13.2. The van der Waals surface area contributed by atoms with Crippen LogP contribution in [0.15, 0.2) is 34.9 Å². The fraction of sp³-hybridized carbons (Fsp3) is 0.154. The number of ether oxygens (including phenoxy) is 1. The number of nitrogens with zero attached hydrogens (tertiary/aromatic N) is 1. The van der Waals surface area contributed by atoms with Crippen molar-refractivity contribution in [2.24, 2.45) is 0 Å². The highest BCUT2D eigenvalue weighted by atomic mass is 79.9. The van der Waals surface area contributed by atoms with E-state index in [0.717, 1.165) is 10.7 Å².